The van der Waals surface area contributed by atoms with Gasteiger partial charge in [0, 0.05) is 51.3 Å². The van der Waals surface area contributed by atoms with E-state index in [1.807, 2.05) is 42.6 Å². The van der Waals surface area contributed by atoms with E-state index in [0.29, 0.717) is 12.2 Å². The van der Waals surface area contributed by atoms with Gasteiger partial charge in [0.2, 0.25) is 0 Å². The van der Waals surface area contributed by atoms with Gasteiger partial charge in [-0.3, -0.25) is 9.78 Å². The van der Waals surface area contributed by atoms with E-state index in [4.69, 9.17) is 0 Å². The highest BCUT2D eigenvalue weighted by Gasteiger charge is 2.19. The van der Waals surface area contributed by atoms with Crippen LogP contribution in [0.1, 0.15) is 16.1 Å². The van der Waals surface area contributed by atoms with Gasteiger partial charge in [-0.25, -0.2) is 4.98 Å². The van der Waals surface area contributed by atoms with Crippen molar-refractivity contribution in [1.82, 2.24) is 25.5 Å². The number of carbonyl (C=O) groups is 1. The number of pyridine rings is 2. The zero-order chi connectivity index (χ0) is 19.2. The van der Waals surface area contributed by atoms with Gasteiger partial charge in [-0.15, -0.1) is 10.2 Å². The molecule has 4 rings (SSSR count). The third-order valence-corrected chi connectivity index (χ3v) is 4.66. The van der Waals surface area contributed by atoms with Crippen molar-refractivity contribution in [2.45, 2.75) is 6.54 Å². The summed E-state index contributed by atoms with van der Waals surface area (Å²) in [5.74, 6) is 1.54. The lowest BCUT2D eigenvalue weighted by molar-refractivity contribution is 0.0945. The Morgan fingerprint density at radius 2 is 1.61 bits per heavy atom. The predicted octanol–water partition coefficient (Wildman–Crippen LogP) is 1.52. The van der Waals surface area contributed by atoms with Crippen LogP contribution in [0.25, 0.3) is 0 Å². The van der Waals surface area contributed by atoms with Crippen LogP contribution < -0.4 is 15.1 Å². The Bertz CT molecular complexity index is 895. The van der Waals surface area contributed by atoms with Gasteiger partial charge in [-0.1, -0.05) is 6.07 Å². The molecule has 0 radical (unpaired) electrons. The molecule has 0 aliphatic carbocycles. The normalized spacial score (nSPS) is 14.0. The Kier molecular flexibility index (Phi) is 5.37. The Hall–Kier alpha value is -3.55. The second-order valence-electron chi connectivity index (χ2n) is 6.48. The standard InChI is InChI=1S/C20H21N7O/c28-20(23-15-16-6-9-21-10-7-16)17-4-5-19(25-24-17)27-13-11-26(12-14-27)18-3-1-2-8-22-18/h1-10H,11-15H2,(H,23,28). The zero-order valence-electron chi connectivity index (χ0n) is 15.4. The number of aromatic nitrogens is 4. The van der Waals surface area contributed by atoms with Crippen molar-refractivity contribution in [3.63, 3.8) is 0 Å². The molecule has 0 atom stereocenters. The monoisotopic (exact) mass is 375 g/mol. The minimum absolute atomic E-state index is 0.240. The van der Waals surface area contributed by atoms with Gasteiger partial charge in [0.05, 0.1) is 0 Å². The van der Waals surface area contributed by atoms with Crippen LogP contribution in [0, 0.1) is 0 Å². The van der Waals surface area contributed by atoms with E-state index < -0.39 is 0 Å². The summed E-state index contributed by atoms with van der Waals surface area (Å²) in [6, 6.07) is 13.2. The van der Waals surface area contributed by atoms with Gasteiger partial charge in [-0.2, -0.15) is 0 Å². The van der Waals surface area contributed by atoms with Crippen LogP contribution in [0.5, 0.6) is 0 Å². The zero-order valence-corrected chi connectivity index (χ0v) is 15.4. The number of carbonyl (C=O) groups excluding carboxylic acids is 1. The molecule has 0 spiro atoms. The molecule has 1 saturated heterocycles. The molecule has 0 aromatic carbocycles. The van der Waals surface area contributed by atoms with Crippen molar-refractivity contribution in [3.05, 3.63) is 72.3 Å². The fourth-order valence-corrected chi connectivity index (χ4v) is 3.09. The summed E-state index contributed by atoms with van der Waals surface area (Å²) in [5, 5.41) is 11.2. The molecule has 28 heavy (non-hydrogen) atoms. The largest absolute Gasteiger partial charge is 0.353 e. The number of hydrogen-bond donors (Lipinski definition) is 1. The molecule has 0 bridgehead atoms. The summed E-state index contributed by atoms with van der Waals surface area (Å²) in [5.41, 5.74) is 1.30. The van der Waals surface area contributed by atoms with Crippen molar-refractivity contribution >= 4 is 17.5 Å². The molecule has 142 valence electrons. The quantitative estimate of drug-likeness (QED) is 0.723. The van der Waals surface area contributed by atoms with E-state index >= 15 is 0 Å². The molecule has 1 fully saturated rings. The van der Waals surface area contributed by atoms with Crippen molar-refractivity contribution in [3.8, 4) is 0 Å². The summed E-state index contributed by atoms with van der Waals surface area (Å²) < 4.78 is 0. The number of anilines is 2. The summed E-state index contributed by atoms with van der Waals surface area (Å²) in [4.78, 5) is 25.0. The van der Waals surface area contributed by atoms with Gasteiger partial charge in [-0.05, 0) is 42.0 Å². The highest BCUT2D eigenvalue weighted by atomic mass is 16.1. The van der Waals surface area contributed by atoms with Gasteiger partial charge < -0.3 is 15.1 Å². The Balaban J connectivity index is 1.31. The fourth-order valence-electron chi connectivity index (χ4n) is 3.09. The average Bonchev–Trinajstić information content (AvgIpc) is 2.79. The molecule has 8 nitrogen and oxygen atoms in total. The number of hydrogen-bond acceptors (Lipinski definition) is 7. The molecule has 1 aliphatic heterocycles. The molecule has 0 saturated carbocycles. The topological polar surface area (TPSA) is 87.1 Å². The van der Waals surface area contributed by atoms with Crippen LogP contribution in [0.2, 0.25) is 0 Å². The molecule has 1 N–H and O–H groups in total. The first-order valence-electron chi connectivity index (χ1n) is 9.21. The number of rotatable bonds is 5. The van der Waals surface area contributed by atoms with Crippen LogP contribution in [0.15, 0.2) is 61.1 Å². The van der Waals surface area contributed by atoms with Crippen LogP contribution >= 0.6 is 0 Å². The first-order valence-corrected chi connectivity index (χ1v) is 9.21. The number of nitrogens with zero attached hydrogens (tertiary/aromatic N) is 6. The summed E-state index contributed by atoms with van der Waals surface area (Å²) in [6.45, 7) is 3.83. The summed E-state index contributed by atoms with van der Waals surface area (Å²) >= 11 is 0. The number of piperazine rings is 1. The van der Waals surface area contributed by atoms with Crippen LogP contribution in [-0.2, 0) is 6.54 Å². The maximum absolute atomic E-state index is 12.2. The predicted molar refractivity (Wildman–Crippen MR) is 106 cm³/mol. The maximum Gasteiger partial charge on any atom is 0.272 e. The van der Waals surface area contributed by atoms with E-state index in [-0.39, 0.29) is 5.91 Å². The van der Waals surface area contributed by atoms with Crippen LogP contribution in [-0.4, -0.2) is 52.3 Å². The highest BCUT2D eigenvalue weighted by Crippen LogP contribution is 2.16. The first-order chi connectivity index (χ1) is 13.8. The Labute approximate surface area is 163 Å². The number of nitrogens with one attached hydrogen (secondary N) is 1. The van der Waals surface area contributed by atoms with E-state index in [0.717, 1.165) is 43.4 Å². The Morgan fingerprint density at radius 1 is 0.857 bits per heavy atom. The third kappa shape index (κ3) is 4.22. The lowest BCUT2D eigenvalue weighted by Gasteiger charge is -2.35. The molecule has 1 aliphatic rings. The van der Waals surface area contributed by atoms with Gasteiger partial charge in [0.25, 0.3) is 5.91 Å². The maximum atomic E-state index is 12.2. The van der Waals surface area contributed by atoms with E-state index in [1.165, 1.54) is 0 Å². The van der Waals surface area contributed by atoms with Gasteiger partial charge in [0.15, 0.2) is 11.5 Å². The lowest BCUT2D eigenvalue weighted by Crippen LogP contribution is -2.47. The SMILES string of the molecule is O=C(NCc1ccncc1)c1ccc(N2CCN(c3ccccn3)CC2)nn1. The van der Waals surface area contributed by atoms with Crippen molar-refractivity contribution in [1.29, 1.82) is 0 Å². The van der Waals surface area contributed by atoms with Gasteiger partial charge in [0.1, 0.15) is 5.82 Å². The second kappa shape index (κ2) is 8.43. The van der Waals surface area contributed by atoms with Crippen LogP contribution in [0.4, 0.5) is 11.6 Å². The van der Waals surface area contributed by atoms with Crippen molar-refractivity contribution in [2.75, 3.05) is 36.0 Å². The average molecular weight is 375 g/mol. The van der Waals surface area contributed by atoms with Crippen molar-refractivity contribution < 1.29 is 4.79 Å². The minimum Gasteiger partial charge on any atom is -0.353 e. The molecule has 3 aromatic heterocycles. The molecule has 1 amide bonds. The first kappa shape index (κ1) is 17.8. The minimum atomic E-state index is -0.240. The lowest BCUT2D eigenvalue weighted by atomic mass is 10.2. The van der Waals surface area contributed by atoms with E-state index in [1.54, 1.807) is 18.5 Å². The highest BCUT2D eigenvalue weighted by molar-refractivity contribution is 5.92. The van der Waals surface area contributed by atoms with E-state index in [2.05, 4.69) is 35.3 Å². The molecular weight excluding hydrogens is 354 g/mol. The fraction of sp³-hybridized carbons (Fsp3) is 0.250. The molecule has 8 heteroatoms. The van der Waals surface area contributed by atoms with Gasteiger partial charge >= 0.3 is 0 Å². The van der Waals surface area contributed by atoms with Crippen molar-refractivity contribution in [2.24, 2.45) is 0 Å². The summed E-state index contributed by atoms with van der Waals surface area (Å²) in [6.07, 6.45) is 5.21. The summed E-state index contributed by atoms with van der Waals surface area (Å²) in [7, 11) is 0. The molecule has 4 heterocycles. The Morgan fingerprint density at radius 3 is 2.25 bits per heavy atom. The molecule has 0 unspecified atom stereocenters. The van der Waals surface area contributed by atoms with Crippen LogP contribution in [0.3, 0.4) is 0 Å². The second-order valence-corrected chi connectivity index (χ2v) is 6.48. The smallest absolute Gasteiger partial charge is 0.272 e. The molecule has 3 aromatic rings. The third-order valence-electron chi connectivity index (χ3n) is 4.66. The number of amides is 1. The van der Waals surface area contributed by atoms with E-state index in [9.17, 15) is 4.79 Å². The molecular formula is C20H21N7O.